The van der Waals surface area contributed by atoms with Gasteiger partial charge in [0.25, 0.3) is 0 Å². The van der Waals surface area contributed by atoms with Crippen LogP contribution in [0.5, 0.6) is 0 Å². The summed E-state index contributed by atoms with van der Waals surface area (Å²) in [7, 11) is 3.79. The third-order valence-corrected chi connectivity index (χ3v) is 4.68. The van der Waals surface area contributed by atoms with Gasteiger partial charge >= 0.3 is 0 Å². The Hall–Kier alpha value is -0.450. The van der Waals surface area contributed by atoms with E-state index in [1.165, 1.54) is 9.88 Å². The van der Waals surface area contributed by atoms with Crippen LogP contribution in [0.15, 0.2) is 0 Å². The molecule has 0 atom stereocenters. The molecule has 1 saturated carbocycles. The highest BCUT2D eigenvalue weighted by Crippen LogP contribution is 2.44. The zero-order valence-corrected chi connectivity index (χ0v) is 10.6. The Kier molecular flexibility index (Phi) is 2.83. The van der Waals surface area contributed by atoms with Crippen LogP contribution in [-0.2, 0) is 10.3 Å². The van der Waals surface area contributed by atoms with Crippen molar-refractivity contribution in [3.8, 4) is 0 Å². The summed E-state index contributed by atoms with van der Waals surface area (Å²) < 4.78 is 5.34. The molecular formula is C11H18N2OS. The lowest BCUT2D eigenvalue weighted by Crippen LogP contribution is -2.54. The number of aryl methyl sites for hydroxylation is 2. The topological polar surface area (TPSA) is 34.2 Å². The lowest BCUT2D eigenvalue weighted by Gasteiger charge is -2.45. The van der Waals surface area contributed by atoms with Gasteiger partial charge in [-0.15, -0.1) is 11.3 Å². The van der Waals surface area contributed by atoms with Crippen LogP contribution >= 0.6 is 11.3 Å². The first-order valence-electron chi connectivity index (χ1n) is 5.27. The van der Waals surface area contributed by atoms with Gasteiger partial charge in [-0.1, -0.05) is 0 Å². The molecule has 1 aliphatic rings. The second kappa shape index (κ2) is 3.85. The third-order valence-electron chi connectivity index (χ3n) is 3.40. The van der Waals surface area contributed by atoms with E-state index in [-0.39, 0.29) is 5.54 Å². The van der Waals surface area contributed by atoms with E-state index < -0.39 is 0 Å². The summed E-state index contributed by atoms with van der Waals surface area (Å²) in [6.07, 6.45) is 2.46. The van der Waals surface area contributed by atoms with E-state index in [9.17, 15) is 0 Å². The summed E-state index contributed by atoms with van der Waals surface area (Å²) in [5, 5.41) is 4.62. The van der Waals surface area contributed by atoms with Crippen molar-refractivity contribution in [2.45, 2.75) is 38.3 Å². The summed E-state index contributed by atoms with van der Waals surface area (Å²) in [6.45, 7) is 4.21. The van der Waals surface area contributed by atoms with Crippen LogP contribution < -0.4 is 5.32 Å². The van der Waals surface area contributed by atoms with Crippen molar-refractivity contribution in [3.05, 3.63) is 15.6 Å². The lowest BCUT2D eigenvalue weighted by atomic mass is 9.74. The van der Waals surface area contributed by atoms with Crippen molar-refractivity contribution >= 4 is 11.3 Å². The van der Waals surface area contributed by atoms with Gasteiger partial charge in [-0.05, 0) is 33.7 Å². The zero-order valence-electron chi connectivity index (χ0n) is 9.76. The Labute approximate surface area is 94.9 Å². The molecule has 0 bridgehead atoms. The van der Waals surface area contributed by atoms with Gasteiger partial charge in [0.05, 0.1) is 17.3 Å². The van der Waals surface area contributed by atoms with E-state index in [4.69, 9.17) is 4.74 Å². The van der Waals surface area contributed by atoms with Crippen molar-refractivity contribution in [2.75, 3.05) is 14.2 Å². The van der Waals surface area contributed by atoms with Crippen molar-refractivity contribution < 1.29 is 4.74 Å². The fourth-order valence-corrected chi connectivity index (χ4v) is 3.18. The standard InChI is InChI=1S/C11H18N2OS/c1-7-8(2)15-10(13-7)11(12-3)5-9(6-11)14-4/h9,12H,5-6H2,1-4H3. The molecule has 0 saturated heterocycles. The summed E-state index contributed by atoms with van der Waals surface area (Å²) >= 11 is 1.81. The highest BCUT2D eigenvalue weighted by atomic mass is 32.1. The first-order chi connectivity index (χ1) is 7.11. The lowest BCUT2D eigenvalue weighted by molar-refractivity contribution is -0.0300. The van der Waals surface area contributed by atoms with E-state index >= 15 is 0 Å². The second-order valence-electron chi connectivity index (χ2n) is 4.26. The van der Waals surface area contributed by atoms with Gasteiger partial charge in [-0.2, -0.15) is 0 Å². The molecule has 1 aromatic heterocycles. The van der Waals surface area contributed by atoms with Crippen LogP contribution in [0.3, 0.4) is 0 Å². The maximum absolute atomic E-state index is 5.34. The highest BCUT2D eigenvalue weighted by Gasteiger charge is 2.47. The largest absolute Gasteiger partial charge is 0.381 e. The summed E-state index contributed by atoms with van der Waals surface area (Å²) in [6, 6.07) is 0. The molecule has 3 nitrogen and oxygen atoms in total. The molecule has 0 spiro atoms. The maximum Gasteiger partial charge on any atom is 0.113 e. The number of thiazole rings is 1. The molecule has 1 heterocycles. The molecule has 1 N–H and O–H groups in total. The molecule has 0 unspecified atom stereocenters. The van der Waals surface area contributed by atoms with E-state index in [0.717, 1.165) is 18.5 Å². The van der Waals surface area contributed by atoms with Crippen molar-refractivity contribution in [1.82, 2.24) is 10.3 Å². The Balaban J connectivity index is 2.21. The molecule has 1 aliphatic carbocycles. The predicted octanol–water partition coefficient (Wildman–Crippen LogP) is 1.98. The summed E-state index contributed by atoms with van der Waals surface area (Å²) in [5.41, 5.74) is 1.23. The second-order valence-corrected chi connectivity index (χ2v) is 5.46. The average molecular weight is 226 g/mol. The van der Waals surface area contributed by atoms with Crippen molar-refractivity contribution in [2.24, 2.45) is 0 Å². The molecule has 0 aliphatic heterocycles. The minimum absolute atomic E-state index is 0.0738. The Bertz CT molecular complexity index is 336. The fourth-order valence-electron chi connectivity index (χ4n) is 2.05. The smallest absolute Gasteiger partial charge is 0.113 e. The quantitative estimate of drug-likeness (QED) is 0.856. The van der Waals surface area contributed by atoms with Crippen molar-refractivity contribution in [1.29, 1.82) is 0 Å². The number of nitrogens with zero attached hydrogens (tertiary/aromatic N) is 1. The van der Waals surface area contributed by atoms with Gasteiger partial charge in [0.2, 0.25) is 0 Å². The Morgan fingerprint density at radius 1 is 1.47 bits per heavy atom. The van der Waals surface area contributed by atoms with Crippen LogP contribution in [-0.4, -0.2) is 25.2 Å². The number of ether oxygens (including phenoxy) is 1. The Morgan fingerprint density at radius 3 is 2.53 bits per heavy atom. The molecule has 1 aromatic rings. The highest BCUT2D eigenvalue weighted by molar-refractivity contribution is 7.11. The average Bonchev–Trinajstić information content (AvgIpc) is 2.47. The van der Waals surface area contributed by atoms with E-state index in [0.29, 0.717) is 6.10 Å². The minimum atomic E-state index is 0.0738. The number of nitrogens with one attached hydrogen (secondary N) is 1. The molecule has 0 amide bonds. The van der Waals surface area contributed by atoms with E-state index in [2.05, 4.69) is 24.1 Å². The molecule has 0 aromatic carbocycles. The normalized spacial score (nSPS) is 30.3. The Morgan fingerprint density at radius 2 is 2.13 bits per heavy atom. The molecular weight excluding hydrogens is 208 g/mol. The van der Waals surface area contributed by atoms with Gasteiger partial charge in [0.1, 0.15) is 5.01 Å². The van der Waals surface area contributed by atoms with Crippen LogP contribution in [0.4, 0.5) is 0 Å². The van der Waals surface area contributed by atoms with Gasteiger partial charge in [-0.3, -0.25) is 0 Å². The monoisotopic (exact) mass is 226 g/mol. The van der Waals surface area contributed by atoms with Crippen LogP contribution in [0.2, 0.25) is 0 Å². The van der Waals surface area contributed by atoms with Crippen LogP contribution in [0.25, 0.3) is 0 Å². The summed E-state index contributed by atoms with van der Waals surface area (Å²) in [5.74, 6) is 0. The van der Waals surface area contributed by atoms with Gasteiger partial charge in [0.15, 0.2) is 0 Å². The number of rotatable bonds is 3. The van der Waals surface area contributed by atoms with Gasteiger partial charge in [0, 0.05) is 12.0 Å². The summed E-state index contributed by atoms with van der Waals surface area (Å²) in [4.78, 5) is 5.96. The minimum Gasteiger partial charge on any atom is -0.381 e. The molecule has 2 rings (SSSR count). The van der Waals surface area contributed by atoms with Gasteiger partial charge < -0.3 is 10.1 Å². The predicted molar refractivity (Wildman–Crippen MR) is 62.4 cm³/mol. The fraction of sp³-hybridized carbons (Fsp3) is 0.727. The van der Waals surface area contributed by atoms with Crippen LogP contribution in [0, 0.1) is 13.8 Å². The van der Waals surface area contributed by atoms with E-state index in [1.54, 1.807) is 18.4 Å². The molecule has 4 heteroatoms. The molecule has 84 valence electrons. The SMILES string of the molecule is CNC1(c2nc(C)c(C)s2)CC(OC)C1. The van der Waals surface area contributed by atoms with Crippen molar-refractivity contribution in [3.63, 3.8) is 0 Å². The molecule has 15 heavy (non-hydrogen) atoms. The first kappa shape index (κ1) is 11.0. The number of aromatic nitrogens is 1. The molecule has 0 radical (unpaired) electrons. The maximum atomic E-state index is 5.34. The first-order valence-corrected chi connectivity index (χ1v) is 6.09. The van der Waals surface area contributed by atoms with Crippen LogP contribution in [0.1, 0.15) is 28.4 Å². The molecule has 1 fully saturated rings. The number of hydrogen-bond acceptors (Lipinski definition) is 4. The van der Waals surface area contributed by atoms with Gasteiger partial charge in [-0.25, -0.2) is 4.98 Å². The number of methoxy groups -OCH3 is 1. The number of hydrogen-bond donors (Lipinski definition) is 1. The zero-order chi connectivity index (χ0) is 11.1. The van der Waals surface area contributed by atoms with E-state index in [1.807, 2.05) is 7.05 Å². The third kappa shape index (κ3) is 1.71.